The van der Waals surface area contributed by atoms with E-state index in [2.05, 4.69) is 6.07 Å². The van der Waals surface area contributed by atoms with Gasteiger partial charge in [-0.2, -0.15) is 5.26 Å². The molecule has 8 heteroatoms. The second-order valence-corrected chi connectivity index (χ2v) is 7.04. The summed E-state index contributed by atoms with van der Waals surface area (Å²) in [7, 11) is 0. The van der Waals surface area contributed by atoms with E-state index >= 15 is 0 Å². The molecule has 0 heterocycles. The third-order valence-corrected chi connectivity index (χ3v) is 4.62. The molecule has 0 aromatic heterocycles. The molecule has 150 valence electrons. The number of nitro benzene ring substituents is 1. The minimum absolute atomic E-state index is 0.0549. The van der Waals surface area contributed by atoms with Crippen molar-refractivity contribution >= 4 is 40.5 Å². The molecule has 0 unspecified atom stereocenters. The molecule has 3 aromatic rings. The molecule has 0 atom stereocenters. The maximum absolute atomic E-state index is 13.4. The summed E-state index contributed by atoms with van der Waals surface area (Å²) in [5.41, 5.74) is 1.68. The van der Waals surface area contributed by atoms with E-state index in [1.165, 1.54) is 48.5 Å². The Kier molecular flexibility index (Phi) is 6.68. The third-order valence-electron chi connectivity index (χ3n) is 4.12. The summed E-state index contributed by atoms with van der Waals surface area (Å²) in [5.74, 6) is -0.108. The molecule has 0 saturated carbocycles. The van der Waals surface area contributed by atoms with Gasteiger partial charge >= 0.3 is 0 Å². The second-order valence-electron chi connectivity index (χ2n) is 6.20. The molecule has 0 aliphatic heterocycles. The molecule has 0 aliphatic carbocycles. The Morgan fingerprint density at radius 3 is 2.53 bits per heavy atom. The minimum atomic E-state index is -0.519. The molecule has 0 radical (unpaired) electrons. The average molecular weight is 443 g/mol. The average Bonchev–Trinajstić information content (AvgIpc) is 2.71. The number of rotatable bonds is 6. The smallest absolute Gasteiger partial charge is 0.269 e. The van der Waals surface area contributed by atoms with E-state index in [9.17, 15) is 19.8 Å². The third kappa shape index (κ3) is 5.15. The Hall–Kier alpha value is -3.40. The summed E-state index contributed by atoms with van der Waals surface area (Å²) in [6.07, 6.45) is 1.53. The fraction of sp³-hybridized carbons (Fsp3) is 0.0455. The molecule has 30 heavy (non-hydrogen) atoms. The van der Waals surface area contributed by atoms with Crippen LogP contribution in [0.1, 0.15) is 16.7 Å². The fourth-order valence-corrected chi connectivity index (χ4v) is 3.28. The Labute approximate surface area is 181 Å². The van der Waals surface area contributed by atoms with E-state index in [-0.39, 0.29) is 34.5 Å². The quantitative estimate of drug-likeness (QED) is 0.184. The zero-order chi connectivity index (χ0) is 21.7. The zero-order valence-electron chi connectivity index (χ0n) is 15.3. The van der Waals surface area contributed by atoms with Crippen molar-refractivity contribution in [2.45, 2.75) is 6.61 Å². The molecule has 0 spiro atoms. The van der Waals surface area contributed by atoms with Crippen LogP contribution in [0.15, 0.2) is 60.7 Å². The van der Waals surface area contributed by atoms with Gasteiger partial charge < -0.3 is 4.74 Å². The van der Waals surface area contributed by atoms with Gasteiger partial charge in [0.15, 0.2) is 0 Å². The van der Waals surface area contributed by atoms with Crippen LogP contribution in [0.3, 0.4) is 0 Å². The van der Waals surface area contributed by atoms with Gasteiger partial charge in [-0.1, -0.05) is 35.3 Å². The highest BCUT2D eigenvalue weighted by molar-refractivity contribution is 6.36. The number of hydrogen-bond donors (Lipinski definition) is 0. The molecule has 0 saturated heterocycles. The SMILES string of the molecule is N#C/C(=C\c1cc(Cl)cc(Cl)c1OCc1cccc(F)c1)c1ccc([N+](=O)[O-])cc1. The number of hydrogen-bond acceptors (Lipinski definition) is 4. The van der Waals surface area contributed by atoms with Crippen LogP contribution >= 0.6 is 23.2 Å². The molecule has 3 rings (SSSR count). The number of nitriles is 1. The molecule has 5 nitrogen and oxygen atoms in total. The van der Waals surface area contributed by atoms with Crippen molar-refractivity contribution in [3.05, 3.63) is 103 Å². The summed E-state index contributed by atoms with van der Waals surface area (Å²) in [6.45, 7) is 0.0549. The molecule has 0 N–H and O–H groups in total. The van der Waals surface area contributed by atoms with Crippen molar-refractivity contribution in [1.29, 1.82) is 5.26 Å². The minimum Gasteiger partial charge on any atom is -0.487 e. The lowest BCUT2D eigenvalue weighted by Crippen LogP contribution is -1.99. The lowest BCUT2D eigenvalue weighted by atomic mass is 10.0. The van der Waals surface area contributed by atoms with Gasteiger partial charge in [0, 0.05) is 22.7 Å². The number of non-ortho nitro benzene ring substituents is 1. The van der Waals surface area contributed by atoms with Crippen molar-refractivity contribution in [1.82, 2.24) is 0 Å². The summed E-state index contributed by atoms with van der Waals surface area (Å²) in [5, 5.41) is 21.0. The van der Waals surface area contributed by atoms with Crippen molar-refractivity contribution in [2.75, 3.05) is 0 Å². The first-order chi connectivity index (χ1) is 14.4. The van der Waals surface area contributed by atoms with Gasteiger partial charge in [0.1, 0.15) is 18.2 Å². The highest BCUT2D eigenvalue weighted by atomic mass is 35.5. The van der Waals surface area contributed by atoms with Crippen LogP contribution in [0.25, 0.3) is 11.6 Å². The van der Waals surface area contributed by atoms with Crippen LogP contribution < -0.4 is 4.74 Å². The van der Waals surface area contributed by atoms with E-state index in [1.54, 1.807) is 18.2 Å². The molecule has 0 fully saturated rings. The van der Waals surface area contributed by atoms with Crippen LogP contribution in [-0.2, 0) is 6.61 Å². The summed E-state index contributed by atoms with van der Waals surface area (Å²) in [4.78, 5) is 10.3. The first-order valence-corrected chi connectivity index (χ1v) is 9.36. The van der Waals surface area contributed by atoms with Gasteiger partial charge in [0.2, 0.25) is 0 Å². The monoisotopic (exact) mass is 442 g/mol. The van der Waals surface area contributed by atoms with Crippen molar-refractivity contribution in [3.8, 4) is 11.8 Å². The van der Waals surface area contributed by atoms with Crippen molar-refractivity contribution < 1.29 is 14.1 Å². The highest BCUT2D eigenvalue weighted by Crippen LogP contribution is 2.35. The Morgan fingerprint density at radius 1 is 1.17 bits per heavy atom. The second kappa shape index (κ2) is 9.40. The van der Waals surface area contributed by atoms with Gasteiger partial charge in [-0.25, -0.2) is 4.39 Å². The Morgan fingerprint density at radius 2 is 1.90 bits per heavy atom. The van der Waals surface area contributed by atoms with Crippen LogP contribution in [0, 0.1) is 27.3 Å². The van der Waals surface area contributed by atoms with Crippen molar-refractivity contribution in [3.63, 3.8) is 0 Å². The fourth-order valence-electron chi connectivity index (χ4n) is 2.72. The van der Waals surface area contributed by atoms with Gasteiger partial charge in [0.25, 0.3) is 5.69 Å². The number of halogens is 3. The number of benzene rings is 3. The Bertz CT molecular complexity index is 1170. The molecule has 0 bridgehead atoms. The summed E-state index contributed by atoms with van der Waals surface area (Å²) >= 11 is 12.4. The van der Waals surface area contributed by atoms with Gasteiger partial charge in [-0.05, 0) is 53.6 Å². The molecule has 0 aliphatic rings. The first-order valence-electron chi connectivity index (χ1n) is 8.60. The zero-order valence-corrected chi connectivity index (χ0v) is 16.8. The lowest BCUT2D eigenvalue weighted by molar-refractivity contribution is -0.384. The van der Waals surface area contributed by atoms with Gasteiger partial charge in [-0.3, -0.25) is 10.1 Å². The van der Waals surface area contributed by atoms with Crippen LogP contribution in [0.2, 0.25) is 10.0 Å². The van der Waals surface area contributed by atoms with E-state index in [0.29, 0.717) is 21.7 Å². The highest BCUT2D eigenvalue weighted by Gasteiger charge is 2.13. The first kappa shape index (κ1) is 21.3. The van der Waals surface area contributed by atoms with E-state index in [1.807, 2.05) is 0 Å². The summed E-state index contributed by atoms with van der Waals surface area (Å²) in [6, 6.07) is 16.7. The summed E-state index contributed by atoms with van der Waals surface area (Å²) < 4.78 is 19.2. The van der Waals surface area contributed by atoms with Crippen LogP contribution in [0.4, 0.5) is 10.1 Å². The van der Waals surface area contributed by atoms with Crippen LogP contribution in [-0.4, -0.2) is 4.92 Å². The predicted molar refractivity (Wildman–Crippen MR) is 114 cm³/mol. The normalized spacial score (nSPS) is 11.1. The van der Waals surface area contributed by atoms with Crippen molar-refractivity contribution in [2.24, 2.45) is 0 Å². The number of ether oxygens (including phenoxy) is 1. The maximum Gasteiger partial charge on any atom is 0.269 e. The van der Waals surface area contributed by atoms with Gasteiger partial charge in [0.05, 0.1) is 21.6 Å². The number of nitro groups is 1. The van der Waals surface area contributed by atoms with E-state index in [0.717, 1.165) is 0 Å². The maximum atomic E-state index is 13.4. The number of allylic oxidation sites excluding steroid dienone is 1. The lowest BCUT2D eigenvalue weighted by Gasteiger charge is -2.13. The van der Waals surface area contributed by atoms with Crippen LogP contribution in [0.5, 0.6) is 5.75 Å². The predicted octanol–water partition coefficient (Wildman–Crippen LogP) is 6.68. The number of nitrogens with zero attached hydrogens (tertiary/aromatic N) is 2. The van der Waals surface area contributed by atoms with E-state index in [4.69, 9.17) is 27.9 Å². The Balaban J connectivity index is 1.97. The molecule has 0 amide bonds. The standard InChI is InChI=1S/C22H13Cl2FN2O3/c23-18-10-16(9-17(12-26)15-4-6-20(7-5-15)27(28)29)22(21(24)11-18)30-13-14-2-1-3-19(25)8-14/h1-11H,13H2/b17-9+. The topological polar surface area (TPSA) is 76.2 Å². The molecular weight excluding hydrogens is 430 g/mol. The largest absolute Gasteiger partial charge is 0.487 e. The molecule has 3 aromatic carbocycles. The van der Waals surface area contributed by atoms with E-state index < -0.39 is 4.92 Å². The van der Waals surface area contributed by atoms with Gasteiger partial charge in [-0.15, -0.1) is 0 Å². The molecular formula is C22H13Cl2FN2O3.